The van der Waals surface area contributed by atoms with Crippen molar-refractivity contribution in [3.63, 3.8) is 0 Å². The van der Waals surface area contributed by atoms with Crippen LogP contribution in [0, 0.1) is 11.6 Å². The molecule has 3 aromatic carbocycles. The Morgan fingerprint density at radius 2 is 1.37 bits per heavy atom. The van der Waals surface area contributed by atoms with Crippen molar-refractivity contribution < 1.29 is 8.78 Å². The third-order valence-electron chi connectivity index (χ3n) is 4.62. The number of amidine groups is 1. The van der Waals surface area contributed by atoms with Gasteiger partial charge >= 0.3 is 164 Å². The minimum atomic E-state index is -0.469. The van der Waals surface area contributed by atoms with Gasteiger partial charge in [0.15, 0.2) is 0 Å². The summed E-state index contributed by atoms with van der Waals surface area (Å²) >= 11 is -0.469. The van der Waals surface area contributed by atoms with E-state index in [-0.39, 0.29) is 23.7 Å². The Morgan fingerprint density at radius 1 is 0.778 bits per heavy atom. The Bertz CT molecular complexity index is 925. The fourth-order valence-electron chi connectivity index (χ4n) is 3.22. The van der Waals surface area contributed by atoms with Gasteiger partial charge in [-0.15, -0.1) is 0 Å². The molecule has 1 N–H and O–H groups in total. The number of hydrogen-bond donors (Lipinski definition) is 1. The van der Waals surface area contributed by atoms with E-state index in [0.717, 1.165) is 21.0 Å². The van der Waals surface area contributed by atoms with Gasteiger partial charge in [0.2, 0.25) is 0 Å². The maximum absolute atomic E-state index is 13.3. The number of nitrogens with one attached hydrogen (secondary N) is 1. The first-order chi connectivity index (χ1) is 13.2. The van der Waals surface area contributed by atoms with Gasteiger partial charge in [-0.3, -0.25) is 0 Å². The molecule has 3 aromatic rings. The van der Waals surface area contributed by atoms with Gasteiger partial charge in [0.05, 0.1) is 0 Å². The van der Waals surface area contributed by atoms with Gasteiger partial charge < -0.3 is 0 Å². The van der Waals surface area contributed by atoms with Gasteiger partial charge in [0.25, 0.3) is 0 Å². The average molecular weight is 424 g/mol. The van der Waals surface area contributed by atoms with Crippen molar-refractivity contribution in [2.45, 2.75) is 17.3 Å². The number of nitrogens with zero attached hydrogens (tertiary/aromatic N) is 1. The molecule has 0 radical (unpaired) electrons. The molecule has 2 nitrogen and oxygen atoms in total. The fraction of sp³-hybridized carbons (Fsp3) is 0.136. The van der Waals surface area contributed by atoms with Crippen LogP contribution in [0.1, 0.15) is 28.8 Å². The number of aliphatic imine (C=N–C) groups is 1. The molecule has 0 aliphatic carbocycles. The zero-order chi connectivity index (χ0) is 18.6. The van der Waals surface area contributed by atoms with Crippen LogP contribution in [0.25, 0.3) is 0 Å². The quantitative estimate of drug-likeness (QED) is 0.606. The second kappa shape index (κ2) is 8.06. The number of halogens is 2. The van der Waals surface area contributed by atoms with Crippen molar-refractivity contribution in [2.24, 2.45) is 4.99 Å². The van der Waals surface area contributed by atoms with Crippen LogP contribution in [0.5, 0.6) is 0 Å². The molecule has 1 aliphatic heterocycles. The van der Waals surface area contributed by atoms with Gasteiger partial charge in [-0.05, 0) is 0 Å². The van der Waals surface area contributed by atoms with Gasteiger partial charge in [0.1, 0.15) is 0 Å². The predicted octanol–water partition coefficient (Wildman–Crippen LogP) is 4.34. The van der Waals surface area contributed by atoms with Crippen molar-refractivity contribution in [3.05, 3.63) is 107 Å². The number of rotatable bonds is 5. The third kappa shape index (κ3) is 4.28. The van der Waals surface area contributed by atoms with Gasteiger partial charge in [0, 0.05) is 0 Å². The summed E-state index contributed by atoms with van der Waals surface area (Å²) in [5, 5.41) is 4.56. The molecule has 1 heterocycles. The van der Waals surface area contributed by atoms with E-state index in [4.69, 9.17) is 4.99 Å². The van der Waals surface area contributed by atoms with Crippen LogP contribution in [-0.4, -0.2) is 20.4 Å². The Morgan fingerprint density at radius 3 is 2.00 bits per heavy atom. The molecule has 3 atom stereocenters. The first-order valence-corrected chi connectivity index (χ1v) is 11.4. The van der Waals surface area contributed by atoms with Gasteiger partial charge in [-0.25, -0.2) is 0 Å². The second-order valence-electron chi connectivity index (χ2n) is 6.49. The molecule has 0 saturated heterocycles. The SMILES string of the molecule is Fc1ccc([C@H]2NC([AsH]Cc3ccccc3)=N[C@H]2c2ccc(F)cc2)cc1. The van der Waals surface area contributed by atoms with Crippen LogP contribution in [-0.2, 0) is 5.21 Å². The molecular weight excluding hydrogens is 405 g/mol. The summed E-state index contributed by atoms with van der Waals surface area (Å²) in [4.78, 5) is 4.93. The summed E-state index contributed by atoms with van der Waals surface area (Å²) in [5.74, 6) is -0.515. The predicted molar refractivity (Wildman–Crippen MR) is 106 cm³/mol. The van der Waals surface area contributed by atoms with Gasteiger partial charge in [-0.1, -0.05) is 0 Å². The van der Waals surface area contributed by atoms with Crippen molar-refractivity contribution >= 4 is 20.4 Å². The first kappa shape index (κ1) is 17.9. The molecule has 0 aromatic heterocycles. The van der Waals surface area contributed by atoms with Crippen LogP contribution in [0.4, 0.5) is 8.78 Å². The molecule has 1 unspecified atom stereocenters. The summed E-state index contributed by atoms with van der Waals surface area (Å²) < 4.78 is 27.7. The van der Waals surface area contributed by atoms with E-state index < -0.39 is 15.8 Å². The summed E-state index contributed by atoms with van der Waals surface area (Å²) in [6.07, 6.45) is 0. The molecule has 0 fully saturated rings. The molecule has 27 heavy (non-hydrogen) atoms. The van der Waals surface area contributed by atoms with Crippen molar-refractivity contribution in [1.82, 2.24) is 5.32 Å². The van der Waals surface area contributed by atoms with Crippen LogP contribution in [0.15, 0.2) is 83.9 Å². The van der Waals surface area contributed by atoms with Crippen LogP contribution < -0.4 is 5.32 Å². The summed E-state index contributed by atoms with van der Waals surface area (Å²) in [7, 11) is 0. The van der Waals surface area contributed by atoms with Crippen LogP contribution in [0.2, 0.25) is 0 Å². The Kier molecular flexibility index (Phi) is 5.35. The average Bonchev–Trinajstić information content (AvgIpc) is 3.13. The minimum absolute atomic E-state index is 0.0643. The zero-order valence-corrected chi connectivity index (χ0v) is 16.7. The topological polar surface area (TPSA) is 24.4 Å². The van der Waals surface area contributed by atoms with E-state index in [1.165, 1.54) is 29.8 Å². The van der Waals surface area contributed by atoms with Crippen molar-refractivity contribution in [2.75, 3.05) is 0 Å². The van der Waals surface area contributed by atoms with Crippen LogP contribution >= 0.6 is 0 Å². The molecule has 0 amide bonds. The fourth-order valence-corrected chi connectivity index (χ4v) is 5.52. The van der Waals surface area contributed by atoms with Crippen LogP contribution in [0.3, 0.4) is 0 Å². The van der Waals surface area contributed by atoms with Gasteiger partial charge in [-0.2, -0.15) is 0 Å². The van der Waals surface area contributed by atoms with E-state index in [9.17, 15) is 8.78 Å². The number of hydrogen-bond acceptors (Lipinski definition) is 2. The molecule has 0 saturated carbocycles. The first-order valence-electron chi connectivity index (χ1n) is 8.82. The molecule has 0 spiro atoms. The summed E-state index contributed by atoms with van der Waals surface area (Å²) in [6.45, 7) is 0. The van der Waals surface area contributed by atoms with E-state index in [0.29, 0.717) is 0 Å². The summed E-state index contributed by atoms with van der Waals surface area (Å²) in [5.41, 5.74) is 3.25. The molecule has 136 valence electrons. The molecule has 0 bridgehead atoms. The molecule has 4 rings (SSSR count). The van der Waals surface area contributed by atoms with Crippen molar-refractivity contribution in [3.8, 4) is 0 Å². The van der Waals surface area contributed by atoms with E-state index >= 15 is 0 Å². The Hall–Kier alpha value is -2.45. The third-order valence-corrected chi connectivity index (χ3v) is 7.12. The standard InChI is InChI=1S/C22H19AsF2N2/c24-18-10-6-16(7-11-18)20-21(17-8-12-19(25)13-9-17)27-22(26-20)23-14-15-4-2-1-3-5-15/h1-13,20-21,23H,14H2,(H,26,27)/t20-,21+. The van der Waals surface area contributed by atoms with E-state index in [1.807, 2.05) is 18.2 Å². The molecule has 1 aliphatic rings. The monoisotopic (exact) mass is 424 g/mol. The summed E-state index contributed by atoms with van der Waals surface area (Å²) in [6, 6.07) is 23.2. The maximum atomic E-state index is 13.3. The zero-order valence-electron chi connectivity index (χ0n) is 14.6. The Labute approximate surface area is 164 Å². The molecular formula is C22H19AsF2N2. The van der Waals surface area contributed by atoms with Crippen molar-refractivity contribution in [1.29, 1.82) is 0 Å². The number of benzene rings is 3. The van der Waals surface area contributed by atoms with E-state index in [1.54, 1.807) is 24.3 Å². The molecule has 5 heteroatoms. The normalized spacial score (nSPS) is 19.3. The Balaban J connectivity index is 1.58. The van der Waals surface area contributed by atoms with E-state index in [2.05, 4.69) is 17.4 Å². The second-order valence-corrected chi connectivity index (χ2v) is 8.96.